The highest BCUT2D eigenvalue weighted by molar-refractivity contribution is 6.37. The average molecular weight is 282 g/mol. The third-order valence-electron chi connectivity index (χ3n) is 2.58. The third-order valence-corrected chi connectivity index (χ3v) is 3.16. The van der Waals surface area contributed by atoms with Crippen molar-refractivity contribution < 1.29 is 0 Å². The molecule has 0 aliphatic rings. The summed E-state index contributed by atoms with van der Waals surface area (Å²) in [6, 6.07) is 11.5. The molecule has 94 valence electrons. The Hall–Kier alpha value is -1.45. The van der Waals surface area contributed by atoms with Gasteiger partial charge < -0.3 is 10.6 Å². The second-order valence-electron chi connectivity index (χ2n) is 3.74. The number of pyridine rings is 1. The van der Waals surface area contributed by atoms with E-state index in [9.17, 15) is 0 Å². The molecule has 0 aliphatic carbocycles. The lowest BCUT2D eigenvalue weighted by atomic mass is 10.2. The van der Waals surface area contributed by atoms with Crippen LogP contribution in [0.1, 0.15) is 6.92 Å². The van der Waals surface area contributed by atoms with Crippen molar-refractivity contribution in [3.63, 3.8) is 0 Å². The molecule has 3 nitrogen and oxygen atoms in total. The first-order valence-electron chi connectivity index (χ1n) is 5.57. The molecule has 0 atom stereocenters. The van der Waals surface area contributed by atoms with E-state index in [2.05, 4.69) is 4.98 Å². The van der Waals surface area contributed by atoms with E-state index in [-0.39, 0.29) is 5.82 Å². The Morgan fingerprint density at radius 1 is 1.17 bits per heavy atom. The monoisotopic (exact) mass is 281 g/mol. The molecule has 0 aliphatic heterocycles. The lowest BCUT2D eigenvalue weighted by Crippen LogP contribution is -2.18. The minimum absolute atomic E-state index is 0.283. The van der Waals surface area contributed by atoms with Gasteiger partial charge in [0, 0.05) is 12.2 Å². The maximum Gasteiger partial charge on any atom is 0.154 e. The minimum Gasteiger partial charge on any atom is -0.382 e. The van der Waals surface area contributed by atoms with Crippen molar-refractivity contribution in [3.8, 4) is 0 Å². The first kappa shape index (κ1) is 13.0. The summed E-state index contributed by atoms with van der Waals surface area (Å²) in [4.78, 5) is 6.24. The number of nitrogens with two attached hydrogens (primary N) is 1. The molecule has 1 aromatic carbocycles. The maximum atomic E-state index is 6.18. The van der Waals surface area contributed by atoms with Gasteiger partial charge in [-0.25, -0.2) is 4.98 Å². The van der Waals surface area contributed by atoms with Gasteiger partial charge in [-0.05, 0) is 25.1 Å². The summed E-state index contributed by atoms with van der Waals surface area (Å²) in [6.07, 6.45) is 0. The van der Waals surface area contributed by atoms with E-state index < -0.39 is 0 Å². The molecular weight excluding hydrogens is 269 g/mol. The molecule has 2 N–H and O–H groups in total. The van der Waals surface area contributed by atoms with Crippen molar-refractivity contribution in [2.45, 2.75) is 6.92 Å². The number of hydrogen-bond donors (Lipinski definition) is 1. The van der Waals surface area contributed by atoms with Crippen LogP contribution in [0.3, 0.4) is 0 Å². The molecular formula is C13H13Cl2N3. The Bertz CT molecular complexity index is 543. The van der Waals surface area contributed by atoms with Crippen molar-refractivity contribution in [2.24, 2.45) is 0 Å². The Kier molecular flexibility index (Phi) is 3.94. The number of aromatic nitrogens is 1. The van der Waals surface area contributed by atoms with Gasteiger partial charge >= 0.3 is 0 Å². The van der Waals surface area contributed by atoms with Crippen LogP contribution in [0.2, 0.25) is 10.0 Å². The molecule has 0 unspecified atom stereocenters. The van der Waals surface area contributed by atoms with E-state index in [1.807, 2.05) is 42.2 Å². The quantitative estimate of drug-likeness (QED) is 0.920. The molecule has 2 rings (SSSR count). The van der Waals surface area contributed by atoms with Crippen LogP contribution in [0.25, 0.3) is 0 Å². The van der Waals surface area contributed by atoms with E-state index in [1.54, 1.807) is 6.07 Å². The highest BCUT2D eigenvalue weighted by atomic mass is 35.5. The standard InChI is InChI=1S/C13H13Cl2N3/c1-2-18(9-6-4-3-5-7-9)13-11(15)8-10(14)12(16)17-13/h3-8H,2H2,1H3,(H2,16,17). The Labute approximate surface area is 116 Å². The normalized spacial score (nSPS) is 10.4. The molecule has 0 fully saturated rings. The van der Waals surface area contributed by atoms with Crippen LogP contribution in [0.5, 0.6) is 0 Å². The van der Waals surface area contributed by atoms with Gasteiger partial charge in [0.1, 0.15) is 5.82 Å². The molecule has 1 aromatic heterocycles. The van der Waals surface area contributed by atoms with Gasteiger partial charge in [0.25, 0.3) is 0 Å². The summed E-state index contributed by atoms with van der Waals surface area (Å²) in [7, 11) is 0. The lowest BCUT2D eigenvalue weighted by Gasteiger charge is -2.23. The lowest BCUT2D eigenvalue weighted by molar-refractivity contribution is 0.992. The Morgan fingerprint density at radius 2 is 1.83 bits per heavy atom. The molecule has 1 heterocycles. The zero-order valence-corrected chi connectivity index (χ0v) is 11.4. The predicted molar refractivity (Wildman–Crippen MR) is 77.8 cm³/mol. The molecule has 2 aromatic rings. The molecule has 0 saturated heterocycles. The molecule has 0 bridgehead atoms. The van der Waals surface area contributed by atoms with Gasteiger partial charge in [0.2, 0.25) is 0 Å². The molecule has 0 radical (unpaired) electrons. The fraction of sp³-hybridized carbons (Fsp3) is 0.154. The van der Waals surface area contributed by atoms with Crippen molar-refractivity contribution in [2.75, 3.05) is 17.2 Å². The smallest absolute Gasteiger partial charge is 0.154 e. The number of anilines is 3. The van der Waals surface area contributed by atoms with Crippen LogP contribution in [0.4, 0.5) is 17.3 Å². The second-order valence-corrected chi connectivity index (χ2v) is 4.56. The first-order valence-corrected chi connectivity index (χ1v) is 6.33. The van der Waals surface area contributed by atoms with Crippen LogP contribution >= 0.6 is 23.2 Å². The summed E-state index contributed by atoms with van der Waals surface area (Å²) >= 11 is 12.1. The fourth-order valence-corrected chi connectivity index (χ4v) is 2.18. The van der Waals surface area contributed by atoms with Crippen molar-refractivity contribution in [1.29, 1.82) is 0 Å². The maximum absolute atomic E-state index is 6.18. The highest BCUT2D eigenvalue weighted by Gasteiger charge is 2.14. The van der Waals surface area contributed by atoms with Gasteiger partial charge in [0.05, 0.1) is 10.0 Å². The minimum atomic E-state index is 0.283. The van der Waals surface area contributed by atoms with Crippen LogP contribution in [0.15, 0.2) is 36.4 Å². The van der Waals surface area contributed by atoms with E-state index in [0.717, 1.165) is 12.2 Å². The van der Waals surface area contributed by atoms with Gasteiger partial charge in [0.15, 0.2) is 5.82 Å². The van der Waals surface area contributed by atoms with Gasteiger partial charge in [-0.2, -0.15) is 0 Å². The first-order chi connectivity index (χ1) is 8.63. The summed E-state index contributed by atoms with van der Waals surface area (Å²) in [5.41, 5.74) is 6.74. The molecule has 0 saturated carbocycles. The Morgan fingerprint density at radius 3 is 2.44 bits per heavy atom. The number of nitrogens with zero attached hydrogens (tertiary/aromatic N) is 2. The SMILES string of the molecule is CCN(c1ccccc1)c1nc(N)c(Cl)cc1Cl. The summed E-state index contributed by atoms with van der Waals surface area (Å²) in [5, 5.41) is 0.854. The van der Waals surface area contributed by atoms with Crippen LogP contribution in [-0.4, -0.2) is 11.5 Å². The number of benzene rings is 1. The van der Waals surface area contributed by atoms with Crippen LogP contribution < -0.4 is 10.6 Å². The Balaban J connectivity index is 2.49. The average Bonchev–Trinajstić information content (AvgIpc) is 2.38. The van der Waals surface area contributed by atoms with Crippen LogP contribution in [0, 0.1) is 0 Å². The molecule has 0 spiro atoms. The van der Waals surface area contributed by atoms with E-state index >= 15 is 0 Å². The number of para-hydroxylation sites is 1. The summed E-state index contributed by atoms with van der Waals surface area (Å²) in [5.74, 6) is 0.901. The predicted octanol–water partition coefficient (Wildman–Crippen LogP) is 4.13. The largest absolute Gasteiger partial charge is 0.382 e. The topological polar surface area (TPSA) is 42.2 Å². The highest BCUT2D eigenvalue weighted by Crippen LogP contribution is 2.33. The van der Waals surface area contributed by atoms with Gasteiger partial charge in [-0.15, -0.1) is 0 Å². The number of nitrogen functional groups attached to an aromatic ring is 1. The van der Waals surface area contributed by atoms with Crippen molar-refractivity contribution in [1.82, 2.24) is 4.98 Å². The zero-order chi connectivity index (χ0) is 13.1. The van der Waals surface area contributed by atoms with E-state index in [0.29, 0.717) is 15.9 Å². The van der Waals surface area contributed by atoms with Gasteiger partial charge in [-0.1, -0.05) is 41.4 Å². The van der Waals surface area contributed by atoms with Crippen molar-refractivity contribution >= 4 is 40.5 Å². The van der Waals surface area contributed by atoms with Gasteiger partial charge in [-0.3, -0.25) is 0 Å². The number of halogens is 2. The molecule has 18 heavy (non-hydrogen) atoms. The van der Waals surface area contributed by atoms with Crippen molar-refractivity contribution in [3.05, 3.63) is 46.4 Å². The van der Waals surface area contributed by atoms with E-state index in [4.69, 9.17) is 28.9 Å². The zero-order valence-electron chi connectivity index (χ0n) is 9.90. The summed E-state index contributed by atoms with van der Waals surface area (Å²) in [6.45, 7) is 2.76. The fourth-order valence-electron chi connectivity index (χ4n) is 1.72. The number of rotatable bonds is 3. The summed E-state index contributed by atoms with van der Waals surface area (Å²) < 4.78 is 0. The third kappa shape index (κ3) is 2.52. The van der Waals surface area contributed by atoms with E-state index in [1.165, 1.54) is 0 Å². The molecule has 5 heteroatoms. The second kappa shape index (κ2) is 5.46. The molecule has 0 amide bonds. The number of hydrogen-bond acceptors (Lipinski definition) is 3. The van der Waals surface area contributed by atoms with Crippen LogP contribution in [-0.2, 0) is 0 Å².